The molecule has 0 aromatic heterocycles. The third-order valence-corrected chi connectivity index (χ3v) is 0. The fourth-order valence-corrected chi connectivity index (χ4v) is 0. The fourth-order valence-electron chi connectivity index (χ4n) is 0. The Hall–Kier alpha value is 0.668. The van der Waals surface area contributed by atoms with Gasteiger partial charge in [0.2, 0.25) is 0 Å². The average Bonchev–Trinajstić information content (AvgIpc) is 0.722. The first kappa shape index (κ1) is 9.83. The van der Waals surface area contributed by atoms with Gasteiger partial charge >= 0.3 is 25.8 Å². The molecule has 0 bridgehead atoms. The summed E-state index contributed by atoms with van der Waals surface area (Å²) in [4.78, 5) is 21.6. The van der Waals surface area contributed by atoms with Crippen LogP contribution in [-0.2, 0) is 4.57 Å². The number of hydrogen-bond acceptors (Lipinski definition) is 1. The Morgan fingerprint density at radius 1 is 1.17 bits per heavy atom. The van der Waals surface area contributed by atoms with Crippen LogP contribution in [0, 0.1) is 0 Å². The van der Waals surface area contributed by atoms with Crippen LogP contribution in [0.2, 0.25) is 0 Å². The zero-order valence-corrected chi connectivity index (χ0v) is 6.77. The minimum absolute atomic E-state index is 0. The van der Waals surface area contributed by atoms with Crippen molar-refractivity contribution in [2.45, 2.75) is 0 Å². The van der Waals surface area contributed by atoms with E-state index in [2.05, 4.69) is 0 Å². The molecule has 0 fully saturated rings. The quantitative estimate of drug-likeness (QED) is 0.291. The van der Waals surface area contributed by atoms with Gasteiger partial charge in [-0.3, -0.25) is 0 Å². The molecule has 6 heavy (non-hydrogen) atoms. The fraction of sp³-hybridized carbons (Fsp3) is 0. The van der Waals surface area contributed by atoms with E-state index in [9.17, 15) is 0 Å². The van der Waals surface area contributed by atoms with Gasteiger partial charge in [0.15, 0.2) is 0 Å². The zero-order chi connectivity index (χ0) is 4.50. The summed E-state index contributed by atoms with van der Waals surface area (Å²) in [5.41, 5.74) is 0. The van der Waals surface area contributed by atoms with Gasteiger partial charge in [-0.2, -0.15) is 0 Å². The Balaban J connectivity index is 0. The first-order valence-corrected chi connectivity index (χ1v) is 2.35. The van der Waals surface area contributed by atoms with Gasteiger partial charge in [0.05, 0.1) is 0 Å². The van der Waals surface area contributed by atoms with E-state index in [1.807, 2.05) is 0 Å². The van der Waals surface area contributed by atoms with Crippen molar-refractivity contribution in [3.63, 3.8) is 0 Å². The normalized spacial score (nSPS) is 9.83. The van der Waals surface area contributed by atoms with Crippen LogP contribution in [0.5, 0.6) is 0 Å². The van der Waals surface area contributed by atoms with E-state index in [1.54, 1.807) is 0 Å². The Bertz CT molecular complexity index is 53.7. The summed E-state index contributed by atoms with van der Waals surface area (Å²) in [5, 5.41) is 0. The number of phosphoric acid groups is 1. The standard InChI is InChI=1S/AsH3.H3O4P/c;1-5(2,3)4/h1H3;(H3,1,2,3,4). The van der Waals surface area contributed by atoms with Crippen molar-refractivity contribution >= 4 is 25.8 Å². The van der Waals surface area contributed by atoms with Crippen LogP contribution in [0.4, 0.5) is 0 Å². The molecule has 1 atom stereocenters. The molecule has 0 saturated carbocycles. The van der Waals surface area contributed by atoms with Gasteiger partial charge < -0.3 is 14.7 Å². The molecule has 0 aliphatic carbocycles. The van der Waals surface area contributed by atoms with Crippen LogP contribution in [-0.4, -0.2) is 32.6 Å². The molecule has 40 valence electrons. The second kappa shape index (κ2) is 2.78. The summed E-state index contributed by atoms with van der Waals surface area (Å²) in [7, 11) is -4.64. The molecule has 4 nitrogen and oxygen atoms in total. The molecule has 0 aromatic carbocycles. The molecule has 0 heterocycles. The van der Waals surface area contributed by atoms with Crippen molar-refractivity contribution in [1.82, 2.24) is 0 Å². The van der Waals surface area contributed by atoms with Crippen molar-refractivity contribution in [3.8, 4) is 0 Å². The van der Waals surface area contributed by atoms with Crippen LogP contribution in [0.25, 0.3) is 0 Å². The van der Waals surface area contributed by atoms with Crippen molar-refractivity contribution in [1.29, 1.82) is 0 Å². The van der Waals surface area contributed by atoms with Gasteiger partial charge in [-0.1, -0.05) is 0 Å². The van der Waals surface area contributed by atoms with Gasteiger partial charge in [0, 0.05) is 0 Å². The van der Waals surface area contributed by atoms with Crippen molar-refractivity contribution in [2.24, 2.45) is 0 Å². The number of hydrogen-bond donors (Lipinski definition) is 3. The van der Waals surface area contributed by atoms with Gasteiger partial charge in [-0.05, 0) is 0 Å². The maximum absolute atomic E-state index is 8.88. The Labute approximate surface area is 45.7 Å². The van der Waals surface area contributed by atoms with E-state index < -0.39 is 7.82 Å². The van der Waals surface area contributed by atoms with Gasteiger partial charge in [-0.25, -0.2) is 4.57 Å². The van der Waals surface area contributed by atoms with Crippen molar-refractivity contribution < 1.29 is 19.2 Å². The second-order valence-electron chi connectivity index (χ2n) is 0.513. The van der Waals surface area contributed by atoms with E-state index in [0.717, 1.165) is 0 Å². The molecule has 3 N–H and O–H groups in total. The first-order chi connectivity index (χ1) is 2.00. The van der Waals surface area contributed by atoms with Crippen LogP contribution < -0.4 is 0 Å². The van der Waals surface area contributed by atoms with Crippen molar-refractivity contribution in [2.75, 3.05) is 0 Å². The monoisotopic (exact) mass is 176 g/mol. The van der Waals surface area contributed by atoms with Crippen LogP contribution in [0.15, 0.2) is 0 Å². The van der Waals surface area contributed by atoms with Gasteiger partial charge in [-0.15, -0.1) is 0 Å². The van der Waals surface area contributed by atoms with E-state index in [-0.39, 0.29) is 18.0 Å². The van der Waals surface area contributed by atoms with E-state index in [1.165, 1.54) is 0 Å². The number of rotatable bonds is 0. The summed E-state index contributed by atoms with van der Waals surface area (Å²) in [6.45, 7) is 0. The molecule has 0 aromatic rings. The van der Waals surface area contributed by atoms with Crippen LogP contribution >= 0.6 is 7.82 Å². The summed E-state index contributed by atoms with van der Waals surface area (Å²) in [6, 6.07) is 0. The summed E-state index contributed by atoms with van der Waals surface area (Å²) >= 11 is 0. The molecule has 0 amide bonds. The summed E-state index contributed by atoms with van der Waals surface area (Å²) < 4.78 is 8.88. The van der Waals surface area contributed by atoms with Crippen molar-refractivity contribution in [3.05, 3.63) is 0 Å². The van der Waals surface area contributed by atoms with E-state index in [4.69, 9.17) is 19.2 Å². The Kier molecular flexibility index (Phi) is 4.55. The Morgan fingerprint density at radius 3 is 1.17 bits per heavy atom. The Morgan fingerprint density at radius 2 is 1.17 bits per heavy atom. The molecular weight excluding hydrogens is 170 g/mol. The van der Waals surface area contributed by atoms with Gasteiger partial charge in [0.1, 0.15) is 0 Å². The zero-order valence-electron chi connectivity index (χ0n) is 2.90. The minimum atomic E-state index is -4.64. The van der Waals surface area contributed by atoms with E-state index in [0.29, 0.717) is 0 Å². The molecule has 0 aliphatic heterocycles. The van der Waals surface area contributed by atoms with Gasteiger partial charge in [0.25, 0.3) is 0 Å². The van der Waals surface area contributed by atoms with Crippen LogP contribution in [0.1, 0.15) is 0 Å². The summed E-state index contributed by atoms with van der Waals surface area (Å²) in [5.74, 6) is 0. The maximum atomic E-state index is 8.88. The molecule has 0 radical (unpaired) electrons. The summed E-state index contributed by atoms with van der Waals surface area (Å²) in [6.07, 6.45) is 0. The topological polar surface area (TPSA) is 77.8 Å². The third-order valence-electron chi connectivity index (χ3n) is 0. The SMILES string of the molecule is O=P(O)(O)O.[AsH3]. The molecule has 0 spiro atoms. The molecule has 1 unspecified atom stereocenters. The third kappa shape index (κ3) is 141. The molecule has 6 heteroatoms. The van der Waals surface area contributed by atoms with E-state index >= 15 is 0 Å². The first-order valence-electron chi connectivity index (χ1n) is 0.783. The molecule has 0 rings (SSSR count). The predicted molar refractivity (Wildman–Crippen MR) is 24.2 cm³/mol. The predicted octanol–water partition coefficient (Wildman–Crippen LogP) is -2.11. The second-order valence-corrected chi connectivity index (χ2v) is 1.54. The molecular formula is H6AsO4P. The molecule has 0 aliphatic rings. The van der Waals surface area contributed by atoms with Crippen LogP contribution in [0.3, 0.4) is 0 Å². The molecule has 0 saturated heterocycles. The average molecular weight is 176 g/mol.